The van der Waals surface area contributed by atoms with Crippen LogP contribution in [0.1, 0.15) is 36.5 Å². The van der Waals surface area contributed by atoms with Crippen molar-refractivity contribution in [1.29, 1.82) is 0 Å². The second-order valence-corrected chi connectivity index (χ2v) is 8.92. The SMILES string of the molecule is Cc1ccc(N(C(C)C(=O)NCC(C)c2ccccc2)S(C)(=O)=O)cc1C. The number of nitrogens with zero attached hydrogens (tertiary/aromatic N) is 1. The van der Waals surface area contributed by atoms with Gasteiger partial charge < -0.3 is 5.32 Å². The lowest BCUT2D eigenvalue weighted by Gasteiger charge is -2.29. The van der Waals surface area contributed by atoms with E-state index >= 15 is 0 Å². The fourth-order valence-electron chi connectivity index (χ4n) is 2.97. The molecule has 0 aliphatic heterocycles. The molecule has 0 bridgehead atoms. The number of hydrogen-bond donors (Lipinski definition) is 1. The van der Waals surface area contributed by atoms with E-state index in [2.05, 4.69) is 5.32 Å². The van der Waals surface area contributed by atoms with E-state index in [9.17, 15) is 13.2 Å². The number of amides is 1. The summed E-state index contributed by atoms with van der Waals surface area (Å²) in [5.74, 6) is -0.183. The predicted molar refractivity (Wildman–Crippen MR) is 111 cm³/mol. The van der Waals surface area contributed by atoms with Gasteiger partial charge in [-0.3, -0.25) is 9.10 Å². The molecule has 146 valence electrons. The van der Waals surface area contributed by atoms with E-state index in [1.165, 1.54) is 4.31 Å². The minimum absolute atomic E-state index is 0.135. The van der Waals surface area contributed by atoms with Crippen LogP contribution in [0.2, 0.25) is 0 Å². The number of hydrogen-bond acceptors (Lipinski definition) is 3. The second kappa shape index (κ2) is 8.57. The van der Waals surface area contributed by atoms with Crippen LogP contribution in [0.3, 0.4) is 0 Å². The van der Waals surface area contributed by atoms with E-state index in [0.29, 0.717) is 12.2 Å². The van der Waals surface area contributed by atoms with Crippen LogP contribution in [-0.4, -0.2) is 33.2 Å². The Labute approximate surface area is 162 Å². The van der Waals surface area contributed by atoms with Crippen LogP contribution in [0.25, 0.3) is 0 Å². The van der Waals surface area contributed by atoms with Crippen molar-refractivity contribution >= 4 is 21.6 Å². The van der Waals surface area contributed by atoms with Gasteiger partial charge in [-0.2, -0.15) is 0 Å². The Hall–Kier alpha value is -2.34. The summed E-state index contributed by atoms with van der Waals surface area (Å²) >= 11 is 0. The highest BCUT2D eigenvalue weighted by atomic mass is 32.2. The summed E-state index contributed by atoms with van der Waals surface area (Å²) in [5.41, 5.74) is 3.67. The first-order valence-corrected chi connectivity index (χ1v) is 10.9. The molecular formula is C21H28N2O3S. The molecule has 2 atom stereocenters. The Morgan fingerprint density at radius 2 is 1.67 bits per heavy atom. The molecule has 0 saturated carbocycles. The summed E-state index contributed by atoms with van der Waals surface area (Å²) in [6.07, 6.45) is 1.12. The molecule has 1 N–H and O–H groups in total. The molecule has 0 aliphatic carbocycles. The molecule has 2 aromatic carbocycles. The van der Waals surface area contributed by atoms with Gasteiger partial charge in [-0.1, -0.05) is 43.3 Å². The quantitative estimate of drug-likeness (QED) is 0.791. The van der Waals surface area contributed by atoms with E-state index in [4.69, 9.17) is 0 Å². The number of sulfonamides is 1. The maximum Gasteiger partial charge on any atom is 0.243 e. The van der Waals surface area contributed by atoms with Crippen molar-refractivity contribution in [1.82, 2.24) is 5.32 Å². The highest BCUT2D eigenvalue weighted by Crippen LogP contribution is 2.24. The number of nitrogens with one attached hydrogen (secondary N) is 1. The van der Waals surface area contributed by atoms with Crippen molar-refractivity contribution in [2.24, 2.45) is 0 Å². The normalized spacial score (nSPS) is 13.7. The van der Waals surface area contributed by atoms with Crippen molar-refractivity contribution in [3.05, 3.63) is 65.2 Å². The molecule has 6 heteroatoms. The highest BCUT2D eigenvalue weighted by Gasteiger charge is 2.29. The largest absolute Gasteiger partial charge is 0.354 e. The van der Waals surface area contributed by atoms with E-state index in [1.807, 2.05) is 57.2 Å². The molecule has 2 rings (SSSR count). The molecule has 2 aromatic rings. The third-order valence-electron chi connectivity index (χ3n) is 4.78. The fourth-order valence-corrected chi connectivity index (χ4v) is 4.14. The highest BCUT2D eigenvalue weighted by molar-refractivity contribution is 7.92. The van der Waals surface area contributed by atoms with Gasteiger partial charge in [0.2, 0.25) is 15.9 Å². The van der Waals surface area contributed by atoms with Crippen molar-refractivity contribution in [2.45, 2.75) is 39.7 Å². The van der Waals surface area contributed by atoms with Gasteiger partial charge in [0.05, 0.1) is 11.9 Å². The van der Waals surface area contributed by atoms with Crippen molar-refractivity contribution in [3.63, 3.8) is 0 Å². The van der Waals surface area contributed by atoms with Gasteiger partial charge in [0.25, 0.3) is 0 Å². The molecule has 0 spiro atoms. The summed E-state index contributed by atoms with van der Waals surface area (Å²) in [6, 6.07) is 14.5. The maximum absolute atomic E-state index is 12.7. The smallest absolute Gasteiger partial charge is 0.243 e. The summed E-state index contributed by atoms with van der Waals surface area (Å²) in [7, 11) is -3.61. The van der Waals surface area contributed by atoms with Crippen LogP contribution in [0.4, 0.5) is 5.69 Å². The Balaban J connectivity index is 2.16. The summed E-state index contributed by atoms with van der Waals surface area (Å²) in [6.45, 7) is 7.96. The van der Waals surface area contributed by atoms with Gasteiger partial charge in [-0.05, 0) is 55.5 Å². The minimum atomic E-state index is -3.61. The van der Waals surface area contributed by atoms with E-state index in [-0.39, 0.29) is 11.8 Å². The third-order valence-corrected chi connectivity index (χ3v) is 6.03. The molecule has 0 radical (unpaired) electrons. The van der Waals surface area contributed by atoms with E-state index < -0.39 is 16.1 Å². The topological polar surface area (TPSA) is 66.5 Å². The zero-order valence-electron chi connectivity index (χ0n) is 16.6. The molecule has 0 fully saturated rings. The number of carbonyl (C=O) groups is 1. The first kappa shape index (κ1) is 21.0. The standard InChI is InChI=1S/C21H28N2O3S/c1-15-11-12-20(13-16(15)2)23(27(5,25)26)18(4)21(24)22-14-17(3)19-9-7-6-8-10-19/h6-13,17-18H,14H2,1-5H3,(H,22,24). The number of aryl methyl sites for hydroxylation is 2. The Bertz CT molecular complexity index is 895. The number of carbonyl (C=O) groups excluding carboxylic acids is 1. The zero-order valence-corrected chi connectivity index (χ0v) is 17.4. The van der Waals surface area contributed by atoms with Crippen LogP contribution in [0.5, 0.6) is 0 Å². The van der Waals surface area contributed by atoms with E-state index in [1.54, 1.807) is 19.1 Å². The summed E-state index contributed by atoms with van der Waals surface area (Å²) in [4.78, 5) is 12.7. The molecular weight excluding hydrogens is 360 g/mol. The monoisotopic (exact) mass is 388 g/mol. The average molecular weight is 389 g/mol. The number of anilines is 1. The van der Waals surface area contributed by atoms with Crippen molar-refractivity contribution in [3.8, 4) is 0 Å². The van der Waals surface area contributed by atoms with Gasteiger partial charge in [0, 0.05) is 6.54 Å². The fraction of sp³-hybridized carbons (Fsp3) is 0.381. The lowest BCUT2D eigenvalue weighted by atomic mass is 10.0. The van der Waals surface area contributed by atoms with Gasteiger partial charge in [0.15, 0.2) is 0 Å². The first-order chi connectivity index (χ1) is 12.6. The lowest BCUT2D eigenvalue weighted by Crippen LogP contribution is -2.48. The Kier molecular flexibility index (Phi) is 6.65. The Morgan fingerprint density at radius 1 is 1.04 bits per heavy atom. The molecule has 2 unspecified atom stereocenters. The predicted octanol–water partition coefficient (Wildman–Crippen LogP) is 3.38. The van der Waals surface area contributed by atoms with Crippen LogP contribution < -0.4 is 9.62 Å². The summed E-state index contributed by atoms with van der Waals surface area (Å²) in [5, 5.41) is 2.88. The van der Waals surface area contributed by atoms with E-state index in [0.717, 1.165) is 22.9 Å². The molecule has 27 heavy (non-hydrogen) atoms. The molecule has 0 heterocycles. The first-order valence-electron chi connectivity index (χ1n) is 9.00. The van der Waals surface area contributed by atoms with Crippen LogP contribution in [-0.2, 0) is 14.8 Å². The summed E-state index contributed by atoms with van der Waals surface area (Å²) < 4.78 is 25.9. The number of benzene rings is 2. The van der Waals surface area contributed by atoms with Crippen molar-refractivity contribution < 1.29 is 13.2 Å². The maximum atomic E-state index is 12.7. The molecule has 0 saturated heterocycles. The molecule has 5 nitrogen and oxygen atoms in total. The molecule has 0 aromatic heterocycles. The van der Waals surface area contributed by atoms with Crippen molar-refractivity contribution in [2.75, 3.05) is 17.1 Å². The molecule has 1 amide bonds. The third kappa shape index (κ3) is 5.32. The zero-order chi connectivity index (χ0) is 20.2. The van der Waals surface area contributed by atoms with Crippen LogP contribution in [0, 0.1) is 13.8 Å². The average Bonchev–Trinajstić information content (AvgIpc) is 2.62. The molecule has 0 aliphatic rings. The number of rotatable bonds is 7. The minimum Gasteiger partial charge on any atom is -0.354 e. The Morgan fingerprint density at radius 3 is 2.22 bits per heavy atom. The van der Waals surface area contributed by atoms with Gasteiger partial charge in [-0.25, -0.2) is 8.42 Å². The van der Waals surface area contributed by atoms with Gasteiger partial charge in [0.1, 0.15) is 6.04 Å². The van der Waals surface area contributed by atoms with Gasteiger partial charge in [-0.15, -0.1) is 0 Å². The lowest BCUT2D eigenvalue weighted by molar-refractivity contribution is -0.121. The van der Waals surface area contributed by atoms with Crippen LogP contribution >= 0.6 is 0 Å². The second-order valence-electron chi connectivity index (χ2n) is 7.06. The van der Waals surface area contributed by atoms with Crippen LogP contribution in [0.15, 0.2) is 48.5 Å². The van der Waals surface area contributed by atoms with Gasteiger partial charge >= 0.3 is 0 Å².